The van der Waals surface area contributed by atoms with Gasteiger partial charge in [0.15, 0.2) is 0 Å². The predicted molar refractivity (Wildman–Crippen MR) is 76.1 cm³/mol. The van der Waals surface area contributed by atoms with Crippen LogP contribution in [-0.4, -0.2) is 50.7 Å². The first kappa shape index (κ1) is 13.4. The average molecular weight is 287 g/mol. The number of aromatic nitrogens is 3. The van der Waals surface area contributed by atoms with Gasteiger partial charge in [-0.2, -0.15) is 5.10 Å². The van der Waals surface area contributed by atoms with E-state index in [0.717, 1.165) is 6.42 Å². The normalized spacial score (nSPS) is 15.7. The van der Waals surface area contributed by atoms with Crippen LogP contribution in [0.5, 0.6) is 0 Å². The van der Waals surface area contributed by atoms with Crippen molar-refractivity contribution in [3.8, 4) is 5.82 Å². The Morgan fingerprint density at radius 2 is 2.10 bits per heavy atom. The Bertz CT molecular complexity index is 659. The quantitative estimate of drug-likeness (QED) is 0.856. The van der Waals surface area contributed by atoms with E-state index >= 15 is 0 Å². The van der Waals surface area contributed by atoms with Crippen molar-refractivity contribution < 1.29 is 9.59 Å². The van der Waals surface area contributed by atoms with E-state index in [-0.39, 0.29) is 18.4 Å². The molecule has 1 saturated heterocycles. The minimum absolute atomic E-state index is 0.0961. The van der Waals surface area contributed by atoms with Crippen molar-refractivity contribution in [2.75, 3.05) is 19.6 Å². The molecule has 0 atom stereocenters. The molecule has 3 heterocycles. The topological polar surface area (TPSA) is 72.2 Å². The third kappa shape index (κ3) is 2.54. The van der Waals surface area contributed by atoms with Crippen molar-refractivity contribution in [3.05, 3.63) is 36.3 Å². The van der Waals surface area contributed by atoms with E-state index in [0.29, 0.717) is 24.5 Å². The highest BCUT2D eigenvalue weighted by Gasteiger charge is 2.25. The lowest BCUT2D eigenvalue weighted by Gasteiger charge is -2.19. The summed E-state index contributed by atoms with van der Waals surface area (Å²) in [5, 5.41) is 6.95. The molecule has 0 spiro atoms. The molecule has 2 aromatic rings. The van der Waals surface area contributed by atoms with Crippen LogP contribution in [-0.2, 0) is 11.8 Å². The van der Waals surface area contributed by atoms with E-state index in [1.54, 1.807) is 22.8 Å². The molecule has 0 bridgehead atoms. The summed E-state index contributed by atoms with van der Waals surface area (Å²) < 4.78 is 3.50. The van der Waals surface area contributed by atoms with Gasteiger partial charge >= 0.3 is 0 Å². The third-order valence-corrected chi connectivity index (χ3v) is 3.54. The molecule has 110 valence electrons. The third-order valence-electron chi connectivity index (χ3n) is 3.54. The van der Waals surface area contributed by atoms with Gasteiger partial charge in [-0.05, 0) is 18.6 Å². The Labute approximate surface area is 122 Å². The predicted octanol–water partition coefficient (Wildman–Crippen LogP) is 0.173. The van der Waals surface area contributed by atoms with Crippen molar-refractivity contribution in [2.45, 2.75) is 6.42 Å². The van der Waals surface area contributed by atoms with E-state index in [1.807, 2.05) is 29.1 Å². The van der Waals surface area contributed by atoms with Crippen LogP contribution in [0, 0.1) is 0 Å². The fourth-order valence-electron chi connectivity index (χ4n) is 2.51. The molecule has 0 unspecified atom stereocenters. The van der Waals surface area contributed by atoms with Gasteiger partial charge in [0.25, 0.3) is 5.91 Å². The second-order valence-electron chi connectivity index (χ2n) is 5.03. The summed E-state index contributed by atoms with van der Waals surface area (Å²) in [5.41, 5.74) is 0.503. The summed E-state index contributed by atoms with van der Waals surface area (Å²) in [7, 11) is 1.79. The van der Waals surface area contributed by atoms with Crippen LogP contribution in [0.2, 0.25) is 0 Å². The molecule has 1 aliphatic heterocycles. The monoisotopic (exact) mass is 287 g/mol. The lowest BCUT2D eigenvalue weighted by atomic mass is 10.2. The zero-order valence-electron chi connectivity index (χ0n) is 11.8. The molecule has 0 radical (unpaired) electrons. The number of rotatable bonds is 2. The van der Waals surface area contributed by atoms with Gasteiger partial charge < -0.3 is 14.8 Å². The van der Waals surface area contributed by atoms with Gasteiger partial charge in [-0.3, -0.25) is 14.3 Å². The highest BCUT2D eigenvalue weighted by atomic mass is 16.2. The molecule has 2 aromatic heterocycles. The Balaban J connectivity index is 1.93. The van der Waals surface area contributed by atoms with E-state index in [2.05, 4.69) is 10.4 Å². The SMILES string of the molecule is Cn1ncc(C(=O)N2CCCNC(=O)C2)c1-n1cccc1. The first-order valence-electron chi connectivity index (χ1n) is 6.88. The fourth-order valence-corrected chi connectivity index (χ4v) is 2.51. The highest BCUT2D eigenvalue weighted by molar-refractivity contribution is 5.99. The van der Waals surface area contributed by atoms with Crippen molar-refractivity contribution in [2.24, 2.45) is 7.05 Å². The Hall–Kier alpha value is -2.57. The number of hydrogen-bond donors (Lipinski definition) is 1. The summed E-state index contributed by atoms with van der Waals surface area (Å²) >= 11 is 0. The molecule has 1 N–H and O–H groups in total. The van der Waals surface area contributed by atoms with E-state index < -0.39 is 0 Å². The molecular formula is C14H17N5O2. The van der Waals surface area contributed by atoms with Gasteiger partial charge in [0, 0.05) is 32.5 Å². The molecule has 0 saturated carbocycles. The van der Waals surface area contributed by atoms with E-state index in [4.69, 9.17) is 0 Å². The van der Waals surface area contributed by atoms with Crippen molar-refractivity contribution in [1.29, 1.82) is 0 Å². The van der Waals surface area contributed by atoms with E-state index in [9.17, 15) is 9.59 Å². The molecule has 7 heteroatoms. The number of carbonyl (C=O) groups is 2. The maximum absolute atomic E-state index is 12.7. The van der Waals surface area contributed by atoms with Crippen molar-refractivity contribution >= 4 is 11.8 Å². The molecule has 0 aliphatic carbocycles. The lowest BCUT2D eigenvalue weighted by molar-refractivity contribution is -0.121. The van der Waals surface area contributed by atoms with Gasteiger partial charge in [0.2, 0.25) is 5.91 Å². The second kappa shape index (κ2) is 5.43. The second-order valence-corrected chi connectivity index (χ2v) is 5.03. The number of amides is 2. The first-order valence-corrected chi connectivity index (χ1v) is 6.88. The Morgan fingerprint density at radius 3 is 2.86 bits per heavy atom. The molecule has 3 rings (SSSR count). The van der Waals surface area contributed by atoms with Crippen LogP contribution in [0.25, 0.3) is 5.82 Å². The number of nitrogens with zero attached hydrogens (tertiary/aromatic N) is 4. The molecule has 21 heavy (non-hydrogen) atoms. The summed E-state index contributed by atoms with van der Waals surface area (Å²) in [6, 6.07) is 3.78. The minimum atomic E-state index is -0.163. The fraction of sp³-hybridized carbons (Fsp3) is 0.357. The lowest BCUT2D eigenvalue weighted by Crippen LogP contribution is -2.37. The van der Waals surface area contributed by atoms with Gasteiger partial charge in [0.1, 0.15) is 11.4 Å². The van der Waals surface area contributed by atoms with Gasteiger partial charge in [-0.25, -0.2) is 0 Å². The number of nitrogens with one attached hydrogen (secondary N) is 1. The highest BCUT2D eigenvalue weighted by Crippen LogP contribution is 2.16. The van der Waals surface area contributed by atoms with Crippen LogP contribution in [0.4, 0.5) is 0 Å². The number of hydrogen-bond acceptors (Lipinski definition) is 3. The Morgan fingerprint density at radius 1 is 1.33 bits per heavy atom. The zero-order chi connectivity index (χ0) is 14.8. The maximum atomic E-state index is 12.7. The summed E-state index contributed by atoms with van der Waals surface area (Å²) in [5.74, 6) is 0.422. The van der Waals surface area contributed by atoms with Crippen molar-refractivity contribution in [1.82, 2.24) is 24.6 Å². The van der Waals surface area contributed by atoms with Crippen LogP contribution in [0.15, 0.2) is 30.7 Å². The molecule has 2 amide bonds. The zero-order valence-corrected chi connectivity index (χ0v) is 11.8. The van der Waals surface area contributed by atoms with Crippen LogP contribution >= 0.6 is 0 Å². The average Bonchev–Trinajstić information content (AvgIpc) is 3.05. The number of aryl methyl sites for hydroxylation is 1. The van der Waals surface area contributed by atoms with Crippen LogP contribution in [0.1, 0.15) is 16.8 Å². The van der Waals surface area contributed by atoms with Crippen molar-refractivity contribution in [3.63, 3.8) is 0 Å². The molecule has 1 aliphatic rings. The summed E-state index contributed by atoms with van der Waals surface area (Å²) in [4.78, 5) is 25.9. The molecule has 7 nitrogen and oxygen atoms in total. The number of carbonyl (C=O) groups excluding carboxylic acids is 2. The maximum Gasteiger partial charge on any atom is 0.259 e. The first-order chi connectivity index (χ1) is 10.2. The minimum Gasteiger partial charge on any atom is -0.354 e. The largest absolute Gasteiger partial charge is 0.354 e. The molecule has 1 fully saturated rings. The molecule has 0 aromatic carbocycles. The van der Waals surface area contributed by atoms with Gasteiger partial charge in [-0.1, -0.05) is 0 Å². The Kier molecular flexibility index (Phi) is 3.47. The summed E-state index contributed by atoms with van der Waals surface area (Å²) in [6.45, 7) is 1.27. The van der Waals surface area contributed by atoms with Gasteiger partial charge in [-0.15, -0.1) is 0 Å². The van der Waals surface area contributed by atoms with E-state index in [1.165, 1.54) is 0 Å². The standard InChI is InChI=1S/C14H17N5O2/c1-17-13(18-6-2-3-7-18)11(9-16-17)14(21)19-8-4-5-15-12(20)10-19/h2-3,6-7,9H,4-5,8,10H2,1H3,(H,15,20). The molecular weight excluding hydrogens is 270 g/mol. The van der Waals surface area contributed by atoms with Crippen LogP contribution < -0.4 is 5.32 Å². The van der Waals surface area contributed by atoms with Crippen LogP contribution in [0.3, 0.4) is 0 Å². The summed E-state index contributed by atoms with van der Waals surface area (Å²) in [6.07, 6.45) is 6.04. The smallest absolute Gasteiger partial charge is 0.259 e. The van der Waals surface area contributed by atoms with Gasteiger partial charge in [0.05, 0.1) is 12.7 Å².